The molecule has 0 bridgehead atoms. The third-order valence-corrected chi connectivity index (χ3v) is 6.33. The Hall–Kier alpha value is -4.20. The number of aliphatic carboxylic acids is 1. The van der Waals surface area contributed by atoms with E-state index in [-0.39, 0.29) is 25.2 Å². The highest BCUT2D eigenvalue weighted by Gasteiger charge is 2.38. The summed E-state index contributed by atoms with van der Waals surface area (Å²) in [6.45, 7) is 0.625. The van der Waals surface area contributed by atoms with Crippen LogP contribution in [0.2, 0.25) is 0 Å². The van der Waals surface area contributed by atoms with Crippen molar-refractivity contribution in [1.82, 2.24) is 15.5 Å². The number of nitrogens with two attached hydrogens (primary N) is 4. The normalized spacial score (nSPS) is 16.9. The predicted octanol–water partition coefficient (Wildman–Crippen LogP) is -2.08. The number of aliphatic imine (C=N–C) groups is 1. The Balaban J connectivity index is 2.07. The fourth-order valence-corrected chi connectivity index (χ4v) is 4.30. The summed E-state index contributed by atoms with van der Waals surface area (Å²) in [5.74, 6) is -3.80. The van der Waals surface area contributed by atoms with Gasteiger partial charge in [0.2, 0.25) is 23.6 Å². The number of rotatable bonds is 15. The number of nitrogens with zero attached hydrogens (tertiary/aromatic N) is 2. The molecule has 1 fully saturated rings. The van der Waals surface area contributed by atoms with Crippen LogP contribution in [-0.2, 0) is 30.4 Å². The quantitative estimate of drug-likeness (QED) is 0.0723. The Bertz CT molecular complexity index is 1050. The van der Waals surface area contributed by atoms with Gasteiger partial charge in [-0.05, 0) is 37.7 Å². The molecule has 1 aliphatic rings. The van der Waals surface area contributed by atoms with Crippen LogP contribution in [-0.4, -0.2) is 82.8 Å². The number of nitrogens with one attached hydrogen (secondary N) is 2. The zero-order chi connectivity index (χ0) is 28.9. The third kappa shape index (κ3) is 10.2. The van der Waals surface area contributed by atoms with Crippen molar-refractivity contribution in [3.8, 4) is 0 Å². The lowest BCUT2D eigenvalue weighted by atomic mass is 10.0. The number of carbonyl (C=O) groups is 5. The molecule has 1 aromatic rings. The second-order valence-corrected chi connectivity index (χ2v) is 9.40. The lowest BCUT2D eigenvalue weighted by Gasteiger charge is -2.28. The van der Waals surface area contributed by atoms with E-state index in [0.29, 0.717) is 44.3 Å². The number of carboxylic acid groups (broad SMARTS) is 1. The number of likely N-dealkylation sites (tertiary alicyclic amines) is 1. The first-order valence-electron chi connectivity index (χ1n) is 12.8. The second-order valence-electron chi connectivity index (χ2n) is 9.40. The van der Waals surface area contributed by atoms with Gasteiger partial charge < -0.3 is 43.6 Å². The van der Waals surface area contributed by atoms with E-state index in [1.807, 2.05) is 0 Å². The largest absolute Gasteiger partial charge is 0.480 e. The molecule has 0 radical (unpaired) electrons. The van der Waals surface area contributed by atoms with Gasteiger partial charge in [0.25, 0.3) is 0 Å². The van der Waals surface area contributed by atoms with E-state index < -0.39 is 53.8 Å². The topological polar surface area (TPSA) is 249 Å². The van der Waals surface area contributed by atoms with Crippen LogP contribution in [0.1, 0.15) is 44.1 Å². The average Bonchev–Trinajstić information content (AvgIpc) is 3.38. The molecule has 1 aromatic carbocycles. The standard InChI is InChI=1S/C25H38N8O6/c26-16(8-4-12-30-25(28)29)23(37)33-13-5-9-19(33)22(36)31-17(10-11-20(27)34)21(35)32-18(24(38)39)14-15-6-2-1-3-7-15/h1-3,6-7,16-19H,4-5,8-14,26H2,(H2,27,34)(H,31,36)(H,32,35)(H,38,39)(H4,28,29,30). The Labute approximate surface area is 226 Å². The summed E-state index contributed by atoms with van der Waals surface area (Å²) in [7, 11) is 0. The van der Waals surface area contributed by atoms with Gasteiger partial charge in [-0.15, -0.1) is 0 Å². The van der Waals surface area contributed by atoms with Gasteiger partial charge in [0.05, 0.1) is 6.04 Å². The maximum atomic E-state index is 13.2. The van der Waals surface area contributed by atoms with Crippen molar-refractivity contribution in [2.24, 2.45) is 27.9 Å². The van der Waals surface area contributed by atoms with Gasteiger partial charge in [-0.3, -0.25) is 24.2 Å². The van der Waals surface area contributed by atoms with E-state index >= 15 is 0 Å². The molecule has 2 rings (SSSR count). The van der Waals surface area contributed by atoms with Crippen molar-refractivity contribution >= 4 is 35.6 Å². The summed E-state index contributed by atoms with van der Waals surface area (Å²) < 4.78 is 0. The van der Waals surface area contributed by atoms with Gasteiger partial charge in [-0.1, -0.05) is 30.3 Å². The fraction of sp³-hybridized carbons (Fsp3) is 0.520. The Kier molecular flexibility index (Phi) is 12.1. The molecular formula is C25H38N8O6. The third-order valence-electron chi connectivity index (χ3n) is 6.33. The Morgan fingerprint density at radius 1 is 1.03 bits per heavy atom. The number of guanidine groups is 1. The summed E-state index contributed by atoms with van der Waals surface area (Å²) in [6.07, 6.45) is 1.35. The molecule has 0 aromatic heterocycles. The molecule has 4 unspecified atom stereocenters. The lowest BCUT2D eigenvalue weighted by Crippen LogP contribution is -2.57. The minimum Gasteiger partial charge on any atom is -0.480 e. The highest BCUT2D eigenvalue weighted by atomic mass is 16.4. The van der Waals surface area contributed by atoms with Crippen LogP contribution >= 0.6 is 0 Å². The number of primary amides is 1. The van der Waals surface area contributed by atoms with Crippen molar-refractivity contribution in [2.45, 2.75) is 69.1 Å². The van der Waals surface area contributed by atoms with Crippen molar-refractivity contribution < 1.29 is 29.1 Å². The fourth-order valence-electron chi connectivity index (χ4n) is 4.30. The highest BCUT2D eigenvalue weighted by Crippen LogP contribution is 2.20. The van der Waals surface area contributed by atoms with E-state index in [9.17, 15) is 29.1 Å². The van der Waals surface area contributed by atoms with Gasteiger partial charge in [0.1, 0.15) is 18.1 Å². The van der Waals surface area contributed by atoms with Crippen LogP contribution in [0.3, 0.4) is 0 Å². The molecule has 4 amide bonds. The Morgan fingerprint density at radius 3 is 2.33 bits per heavy atom. The average molecular weight is 547 g/mol. The van der Waals surface area contributed by atoms with Crippen molar-refractivity contribution in [1.29, 1.82) is 0 Å². The van der Waals surface area contributed by atoms with Crippen molar-refractivity contribution in [3.05, 3.63) is 35.9 Å². The van der Waals surface area contributed by atoms with E-state index in [0.717, 1.165) is 0 Å². The maximum Gasteiger partial charge on any atom is 0.326 e. The molecule has 14 nitrogen and oxygen atoms in total. The van der Waals surface area contributed by atoms with Crippen LogP contribution in [0.4, 0.5) is 0 Å². The molecule has 39 heavy (non-hydrogen) atoms. The van der Waals surface area contributed by atoms with Crippen LogP contribution in [0.5, 0.6) is 0 Å². The maximum absolute atomic E-state index is 13.2. The van der Waals surface area contributed by atoms with Crippen molar-refractivity contribution in [2.75, 3.05) is 13.1 Å². The first-order chi connectivity index (χ1) is 18.5. The molecule has 1 aliphatic heterocycles. The number of hydrogen-bond acceptors (Lipinski definition) is 7. The number of hydrogen-bond donors (Lipinski definition) is 7. The van der Waals surface area contributed by atoms with E-state index in [2.05, 4.69) is 15.6 Å². The minimum atomic E-state index is -1.27. The van der Waals surface area contributed by atoms with E-state index in [1.165, 1.54) is 4.90 Å². The lowest BCUT2D eigenvalue weighted by molar-refractivity contribution is -0.143. The summed E-state index contributed by atoms with van der Waals surface area (Å²) in [6, 6.07) is 4.48. The first kappa shape index (κ1) is 31.0. The van der Waals surface area contributed by atoms with E-state index in [1.54, 1.807) is 30.3 Å². The molecule has 0 spiro atoms. The van der Waals surface area contributed by atoms with Gasteiger partial charge in [-0.25, -0.2) is 4.79 Å². The van der Waals surface area contributed by atoms with Gasteiger partial charge in [-0.2, -0.15) is 0 Å². The Morgan fingerprint density at radius 2 is 1.72 bits per heavy atom. The first-order valence-corrected chi connectivity index (χ1v) is 12.8. The van der Waals surface area contributed by atoms with Crippen LogP contribution in [0.15, 0.2) is 35.3 Å². The molecule has 1 saturated heterocycles. The second kappa shape index (κ2) is 15.3. The summed E-state index contributed by atoms with van der Waals surface area (Å²) in [4.78, 5) is 67.6. The molecule has 214 valence electrons. The minimum absolute atomic E-state index is 0.0182. The van der Waals surface area contributed by atoms with Crippen LogP contribution in [0, 0.1) is 0 Å². The summed E-state index contributed by atoms with van der Waals surface area (Å²) in [5.41, 5.74) is 22.6. The number of benzene rings is 1. The zero-order valence-electron chi connectivity index (χ0n) is 21.8. The van der Waals surface area contributed by atoms with Gasteiger partial charge >= 0.3 is 5.97 Å². The summed E-state index contributed by atoms with van der Waals surface area (Å²) in [5, 5.41) is 14.7. The smallest absolute Gasteiger partial charge is 0.326 e. The van der Waals surface area contributed by atoms with Gasteiger partial charge in [0.15, 0.2) is 5.96 Å². The molecule has 1 heterocycles. The zero-order valence-corrected chi connectivity index (χ0v) is 21.8. The number of carboxylic acids is 1. The van der Waals surface area contributed by atoms with Crippen molar-refractivity contribution in [3.63, 3.8) is 0 Å². The molecule has 0 saturated carbocycles. The van der Waals surface area contributed by atoms with E-state index in [4.69, 9.17) is 22.9 Å². The SMILES string of the molecule is NC(=O)CCC(NC(=O)C1CCCN1C(=O)C(N)CCCN=C(N)N)C(=O)NC(Cc1ccccc1)C(=O)O. The molecule has 14 heteroatoms. The number of amides is 4. The predicted molar refractivity (Wildman–Crippen MR) is 143 cm³/mol. The molecule has 0 aliphatic carbocycles. The molecular weight excluding hydrogens is 508 g/mol. The molecule has 11 N–H and O–H groups in total. The molecule has 4 atom stereocenters. The van der Waals surface area contributed by atoms with Crippen LogP contribution in [0.25, 0.3) is 0 Å². The monoisotopic (exact) mass is 546 g/mol. The summed E-state index contributed by atoms with van der Waals surface area (Å²) >= 11 is 0. The van der Waals surface area contributed by atoms with Crippen LogP contribution < -0.4 is 33.6 Å². The highest BCUT2D eigenvalue weighted by molar-refractivity contribution is 5.94. The van der Waals surface area contributed by atoms with Gasteiger partial charge in [0, 0.05) is 25.9 Å². The number of carbonyl (C=O) groups excluding carboxylic acids is 4.